The van der Waals surface area contributed by atoms with E-state index >= 15 is 0 Å². The Balaban J connectivity index is 3.11. The molecule has 0 bridgehead atoms. The molecular weight excluding hydrogens is 169 g/mol. The molecule has 0 aliphatic heterocycles. The van der Waals surface area contributed by atoms with E-state index in [2.05, 4.69) is 6.92 Å². The summed E-state index contributed by atoms with van der Waals surface area (Å²) in [7, 11) is 0. The first-order valence-electron chi connectivity index (χ1n) is 5.12. The minimum Gasteiger partial charge on any atom is -0.367 e. The number of nitrogens with two attached hydrogens (primary N) is 1. The fraction of sp³-hybridized carbons (Fsp3) is 0.900. The zero-order chi connectivity index (χ0) is 10.1. The van der Waals surface area contributed by atoms with Gasteiger partial charge in [0.25, 0.3) is 5.91 Å². The Labute approximate surface area is 79.7 Å². The number of rotatable bonds is 8. The van der Waals surface area contributed by atoms with Gasteiger partial charge in [0.1, 0.15) is 0 Å². The molecule has 13 heavy (non-hydrogen) atoms. The van der Waals surface area contributed by atoms with Crippen molar-refractivity contribution in [2.45, 2.75) is 58.0 Å². The first-order chi connectivity index (χ1) is 6.18. The van der Waals surface area contributed by atoms with E-state index in [1.807, 2.05) is 0 Å². The van der Waals surface area contributed by atoms with Gasteiger partial charge in [-0.1, -0.05) is 45.4 Å². The second kappa shape index (κ2) is 8.02. The van der Waals surface area contributed by atoms with Crippen LogP contribution in [0, 0.1) is 0 Å². The van der Waals surface area contributed by atoms with Gasteiger partial charge in [0.2, 0.25) is 0 Å². The largest absolute Gasteiger partial charge is 0.367 e. The minimum absolute atomic E-state index is 0.293. The van der Waals surface area contributed by atoms with Gasteiger partial charge in [-0.2, -0.15) is 0 Å². The minimum atomic E-state index is -1.44. The Morgan fingerprint density at radius 1 is 1.23 bits per heavy atom. The molecule has 0 aliphatic rings. The fourth-order valence-electron chi connectivity index (χ4n) is 1.25. The van der Waals surface area contributed by atoms with Crippen LogP contribution in [-0.2, 0) is 4.79 Å². The molecule has 2 nitrogen and oxygen atoms in total. The summed E-state index contributed by atoms with van der Waals surface area (Å²) in [5.74, 6) is -0.825. The lowest BCUT2D eigenvalue weighted by molar-refractivity contribution is -0.122. The van der Waals surface area contributed by atoms with Crippen LogP contribution in [0.2, 0.25) is 0 Å². The van der Waals surface area contributed by atoms with Crippen LogP contribution in [0.15, 0.2) is 0 Å². The monoisotopic (exact) mass is 189 g/mol. The van der Waals surface area contributed by atoms with E-state index in [9.17, 15) is 9.18 Å². The van der Waals surface area contributed by atoms with Gasteiger partial charge < -0.3 is 5.73 Å². The molecule has 0 aromatic heterocycles. The number of carbonyl (C=O) groups is 1. The van der Waals surface area contributed by atoms with Gasteiger partial charge in [-0.05, 0) is 6.42 Å². The smallest absolute Gasteiger partial charge is 0.251 e. The summed E-state index contributed by atoms with van der Waals surface area (Å²) in [6.45, 7) is 2.16. The predicted molar refractivity (Wildman–Crippen MR) is 52.1 cm³/mol. The third-order valence-electron chi connectivity index (χ3n) is 2.12. The molecule has 2 N–H and O–H groups in total. The SMILES string of the molecule is CCCCCCCCC(F)C(N)=O. The molecule has 1 amide bonds. The Morgan fingerprint density at radius 2 is 1.77 bits per heavy atom. The highest BCUT2D eigenvalue weighted by Crippen LogP contribution is 2.09. The van der Waals surface area contributed by atoms with Gasteiger partial charge in [-0.25, -0.2) is 4.39 Å². The van der Waals surface area contributed by atoms with Crippen molar-refractivity contribution < 1.29 is 9.18 Å². The summed E-state index contributed by atoms with van der Waals surface area (Å²) < 4.78 is 12.6. The van der Waals surface area contributed by atoms with Crippen molar-refractivity contribution in [1.82, 2.24) is 0 Å². The summed E-state index contributed by atoms with van der Waals surface area (Å²) in [4.78, 5) is 10.3. The number of alkyl halides is 1. The second-order valence-electron chi connectivity index (χ2n) is 3.43. The summed E-state index contributed by atoms with van der Waals surface area (Å²) >= 11 is 0. The molecule has 0 fully saturated rings. The highest BCUT2D eigenvalue weighted by Gasteiger charge is 2.11. The zero-order valence-electron chi connectivity index (χ0n) is 8.39. The normalized spacial score (nSPS) is 12.8. The lowest BCUT2D eigenvalue weighted by Crippen LogP contribution is -2.24. The average molecular weight is 189 g/mol. The first kappa shape index (κ1) is 12.4. The number of primary amides is 1. The van der Waals surface area contributed by atoms with Crippen LogP contribution < -0.4 is 5.73 Å². The van der Waals surface area contributed by atoms with Gasteiger partial charge in [0.15, 0.2) is 6.17 Å². The molecule has 0 rings (SSSR count). The molecule has 0 spiro atoms. The van der Waals surface area contributed by atoms with Gasteiger partial charge in [0.05, 0.1) is 0 Å². The zero-order valence-corrected chi connectivity index (χ0v) is 8.39. The number of hydrogen-bond acceptors (Lipinski definition) is 1. The van der Waals surface area contributed by atoms with Crippen molar-refractivity contribution in [3.8, 4) is 0 Å². The maximum Gasteiger partial charge on any atom is 0.251 e. The number of unbranched alkanes of at least 4 members (excludes halogenated alkanes) is 5. The van der Waals surface area contributed by atoms with Crippen LogP contribution in [0.5, 0.6) is 0 Å². The first-order valence-corrected chi connectivity index (χ1v) is 5.12. The van der Waals surface area contributed by atoms with Crippen LogP contribution in [-0.4, -0.2) is 12.1 Å². The van der Waals surface area contributed by atoms with Gasteiger partial charge in [-0.3, -0.25) is 4.79 Å². The molecule has 0 aliphatic carbocycles. The molecule has 0 heterocycles. The molecule has 1 unspecified atom stereocenters. The quantitative estimate of drug-likeness (QED) is 0.586. The third-order valence-corrected chi connectivity index (χ3v) is 2.12. The van der Waals surface area contributed by atoms with Crippen molar-refractivity contribution in [1.29, 1.82) is 0 Å². The van der Waals surface area contributed by atoms with E-state index in [1.165, 1.54) is 19.3 Å². The van der Waals surface area contributed by atoms with E-state index in [1.54, 1.807) is 0 Å². The molecule has 0 aromatic rings. The van der Waals surface area contributed by atoms with Crippen LogP contribution in [0.4, 0.5) is 4.39 Å². The van der Waals surface area contributed by atoms with E-state index in [-0.39, 0.29) is 0 Å². The van der Waals surface area contributed by atoms with Crippen molar-refractivity contribution in [3.05, 3.63) is 0 Å². The number of halogens is 1. The standard InChI is InChI=1S/C10H20FNO/c1-2-3-4-5-6-7-8-9(11)10(12)13/h9H,2-8H2,1H3,(H2,12,13). The van der Waals surface area contributed by atoms with Gasteiger partial charge in [0, 0.05) is 0 Å². The Kier molecular flexibility index (Phi) is 7.65. The molecule has 1 atom stereocenters. The van der Waals surface area contributed by atoms with Crippen molar-refractivity contribution in [2.24, 2.45) is 5.73 Å². The average Bonchev–Trinajstić information content (AvgIpc) is 2.10. The predicted octanol–water partition coefficient (Wildman–Crippen LogP) is 2.56. The van der Waals surface area contributed by atoms with Gasteiger partial charge >= 0.3 is 0 Å². The highest BCUT2D eigenvalue weighted by molar-refractivity contribution is 5.78. The number of carbonyl (C=O) groups excluding carboxylic acids is 1. The maximum atomic E-state index is 12.6. The van der Waals surface area contributed by atoms with Crippen LogP contribution >= 0.6 is 0 Å². The topological polar surface area (TPSA) is 43.1 Å². The summed E-state index contributed by atoms with van der Waals surface area (Å²) in [6, 6.07) is 0. The van der Waals surface area contributed by atoms with Crippen molar-refractivity contribution >= 4 is 5.91 Å². The molecule has 0 radical (unpaired) electrons. The van der Waals surface area contributed by atoms with E-state index in [0.717, 1.165) is 19.3 Å². The summed E-state index contributed by atoms with van der Waals surface area (Å²) in [6.07, 6.45) is 5.44. The van der Waals surface area contributed by atoms with Crippen LogP contribution in [0.25, 0.3) is 0 Å². The van der Waals surface area contributed by atoms with E-state index in [4.69, 9.17) is 5.73 Å². The Bertz CT molecular complexity index is 139. The number of amides is 1. The second-order valence-corrected chi connectivity index (χ2v) is 3.43. The molecule has 0 saturated heterocycles. The Hall–Kier alpha value is -0.600. The Morgan fingerprint density at radius 3 is 2.31 bits per heavy atom. The molecule has 0 aromatic carbocycles. The molecule has 3 heteroatoms. The van der Waals surface area contributed by atoms with Crippen molar-refractivity contribution in [2.75, 3.05) is 0 Å². The van der Waals surface area contributed by atoms with Crippen molar-refractivity contribution in [3.63, 3.8) is 0 Å². The van der Waals surface area contributed by atoms with Gasteiger partial charge in [-0.15, -0.1) is 0 Å². The highest BCUT2D eigenvalue weighted by atomic mass is 19.1. The summed E-state index contributed by atoms with van der Waals surface area (Å²) in [5.41, 5.74) is 4.78. The van der Waals surface area contributed by atoms with E-state index < -0.39 is 12.1 Å². The lowest BCUT2D eigenvalue weighted by Gasteiger charge is -2.03. The summed E-state index contributed by atoms with van der Waals surface area (Å²) in [5, 5.41) is 0. The molecule has 0 saturated carbocycles. The molecular formula is C10H20FNO. The maximum absolute atomic E-state index is 12.6. The number of hydrogen-bond donors (Lipinski definition) is 1. The molecule has 78 valence electrons. The lowest BCUT2D eigenvalue weighted by atomic mass is 10.1. The van der Waals surface area contributed by atoms with Crippen LogP contribution in [0.1, 0.15) is 51.9 Å². The fourth-order valence-corrected chi connectivity index (χ4v) is 1.25. The van der Waals surface area contributed by atoms with Crippen LogP contribution in [0.3, 0.4) is 0 Å². The third kappa shape index (κ3) is 7.75. The van der Waals surface area contributed by atoms with E-state index in [0.29, 0.717) is 6.42 Å².